The monoisotopic (exact) mass is 424 g/mol. The summed E-state index contributed by atoms with van der Waals surface area (Å²) in [7, 11) is 1.75. The normalized spacial score (nSPS) is 12.9. The fraction of sp³-hybridized carbons (Fsp3) is 0.440. The first kappa shape index (κ1) is 24.4. The minimum absolute atomic E-state index is 0.0680. The van der Waals surface area contributed by atoms with Gasteiger partial charge in [0.1, 0.15) is 0 Å². The predicted octanol–water partition coefficient (Wildman–Crippen LogP) is 4.05. The maximum absolute atomic E-state index is 12.4. The molecule has 0 aliphatic heterocycles. The third-order valence-electron chi connectivity index (χ3n) is 4.61. The number of amides is 1. The van der Waals surface area contributed by atoms with E-state index in [2.05, 4.69) is 40.0 Å². The van der Waals surface area contributed by atoms with Crippen molar-refractivity contribution in [3.63, 3.8) is 0 Å². The smallest absolute Gasteiger partial charge is 0.251 e. The average molecular weight is 425 g/mol. The summed E-state index contributed by atoms with van der Waals surface area (Å²) in [6, 6.07) is 17.8. The first-order valence-electron chi connectivity index (χ1n) is 10.8. The van der Waals surface area contributed by atoms with Gasteiger partial charge in [-0.3, -0.25) is 9.79 Å². The number of ether oxygens (including phenoxy) is 1. The molecule has 0 aliphatic rings. The average Bonchev–Trinajstić information content (AvgIpc) is 2.75. The van der Waals surface area contributed by atoms with Crippen LogP contribution in [0, 0.1) is 0 Å². The molecule has 3 N–H and O–H groups in total. The lowest BCUT2D eigenvalue weighted by Crippen LogP contribution is -2.40. The molecule has 168 valence electrons. The van der Waals surface area contributed by atoms with Gasteiger partial charge < -0.3 is 20.7 Å². The molecule has 0 radical (unpaired) electrons. The number of carbonyl (C=O) groups excluding carboxylic acids is 1. The Kier molecular flexibility index (Phi) is 9.53. The molecule has 0 aliphatic carbocycles. The van der Waals surface area contributed by atoms with E-state index in [1.165, 1.54) is 5.56 Å². The number of nitrogens with zero attached hydrogens (tertiary/aromatic N) is 1. The van der Waals surface area contributed by atoms with Gasteiger partial charge in [0.25, 0.3) is 5.91 Å². The molecule has 0 aromatic heterocycles. The number of hydrogen-bond acceptors (Lipinski definition) is 3. The number of carbonyl (C=O) groups is 1. The number of benzene rings is 2. The van der Waals surface area contributed by atoms with E-state index in [9.17, 15) is 4.79 Å². The molecule has 1 unspecified atom stereocenters. The minimum atomic E-state index is -0.264. The SMILES string of the molecule is CN=C(NCCCOC(C)c1ccccc1)NCc1cccc(C(=O)NC(C)(C)C)c1. The molecule has 6 heteroatoms. The number of rotatable bonds is 9. The second-order valence-electron chi connectivity index (χ2n) is 8.53. The van der Waals surface area contributed by atoms with Crippen LogP contribution in [0.15, 0.2) is 59.6 Å². The maximum atomic E-state index is 12.4. The molecule has 0 heterocycles. The van der Waals surface area contributed by atoms with Crippen molar-refractivity contribution in [2.45, 2.75) is 52.3 Å². The van der Waals surface area contributed by atoms with Crippen LogP contribution in [0.3, 0.4) is 0 Å². The van der Waals surface area contributed by atoms with Crippen LogP contribution < -0.4 is 16.0 Å². The standard InChI is InChI=1S/C25H36N4O2/c1-19(21-12-7-6-8-13-21)31-16-10-15-27-24(26-5)28-18-20-11-9-14-22(17-20)23(30)29-25(2,3)4/h6-9,11-14,17,19H,10,15-16,18H2,1-5H3,(H,29,30)(H2,26,27,28). The highest BCUT2D eigenvalue weighted by Gasteiger charge is 2.15. The van der Waals surface area contributed by atoms with Crippen LogP contribution in [-0.4, -0.2) is 37.6 Å². The summed E-state index contributed by atoms with van der Waals surface area (Å²) < 4.78 is 5.90. The lowest BCUT2D eigenvalue weighted by atomic mass is 10.1. The zero-order valence-corrected chi connectivity index (χ0v) is 19.4. The summed E-state index contributed by atoms with van der Waals surface area (Å²) in [5.41, 5.74) is 2.60. The number of guanidine groups is 1. The predicted molar refractivity (Wildman–Crippen MR) is 127 cm³/mol. The largest absolute Gasteiger partial charge is 0.374 e. The second kappa shape index (κ2) is 12.1. The quantitative estimate of drug-likeness (QED) is 0.323. The molecule has 31 heavy (non-hydrogen) atoms. The summed E-state index contributed by atoms with van der Waals surface area (Å²) in [5, 5.41) is 9.58. The van der Waals surface area contributed by atoms with Crippen molar-refractivity contribution in [2.75, 3.05) is 20.2 Å². The number of hydrogen-bond donors (Lipinski definition) is 3. The minimum Gasteiger partial charge on any atom is -0.374 e. The molecule has 2 aromatic rings. The Bertz CT molecular complexity index is 844. The molecule has 0 saturated heterocycles. The van der Waals surface area contributed by atoms with Crippen molar-refractivity contribution in [1.29, 1.82) is 0 Å². The molecular weight excluding hydrogens is 388 g/mol. The molecule has 1 atom stereocenters. The van der Waals surface area contributed by atoms with Gasteiger partial charge >= 0.3 is 0 Å². The summed E-state index contributed by atoms with van der Waals surface area (Å²) in [5.74, 6) is 0.655. The van der Waals surface area contributed by atoms with Crippen LogP contribution in [0.2, 0.25) is 0 Å². The second-order valence-corrected chi connectivity index (χ2v) is 8.53. The van der Waals surface area contributed by atoms with Crippen molar-refractivity contribution in [2.24, 2.45) is 4.99 Å². The van der Waals surface area contributed by atoms with Crippen molar-refractivity contribution >= 4 is 11.9 Å². The summed E-state index contributed by atoms with van der Waals surface area (Å²) in [6.07, 6.45) is 0.960. The molecular formula is C25H36N4O2. The number of aliphatic imine (C=N–C) groups is 1. The van der Waals surface area contributed by atoms with E-state index >= 15 is 0 Å². The Balaban J connectivity index is 1.72. The zero-order valence-electron chi connectivity index (χ0n) is 19.4. The third kappa shape index (κ3) is 9.22. The Morgan fingerprint density at radius 3 is 2.48 bits per heavy atom. The van der Waals surface area contributed by atoms with Gasteiger partial charge in [0.15, 0.2) is 5.96 Å². The Morgan fingerprint density at radius 2 is 1.81 bits per heavy atom. The molecule has 2 rings (SSSR count). The van der Waals surface area contributed by atoms with E-state index in [-0.39, 0.29) is 17.6 Å². The lowest BCUT2D eigenvalue weighted by Gasteiger charge is -2.20. The Labute approximate surface area is 186 Å². The van der Waals surface area contributed by atoms with E-state index in [1.54, 1.807) is 7.05 Å². The fourth-order valence-electron chi connectivity index (χ4n) is 3.00. The highest BCUT2D eigenvalue weighted by molar-refractivity contribution is 5.94. The van der Waals surface area contributed by atoms with E-state index in [0.717, 1.165) is 24.5 Å². The Hall–Kier alpha value is -2.86. The molecule has 2 aromatic carbocycles. The lowest BCUT2D eigenvalue weighted by molar-refractivity contribution is 0.0646. The first-order chi connectivity index (χ1) is 14.8. The summed E-state index contributed by atoms with van der Waals surface area (Å²) in [4.78, 5) is 16.6. The van der Waals surface area contributed by atoms with Crippen molar-refractivity contribution < 1.29 is 9.53 Å². The van der Waals surface area contributed by atoms with Crippen molar-refractivity contribution in [3.05, 3.63) is 71.3 Å². The molecule has 0 spiro atoms. The van der Waals surface area contributed by atoms with Crippen LogP contribution in [-0.2, 0) is 11.3 Å². The van der Waals surface area contributed by atoms with E-state index < -0.39 is 0 Å². The first-order valence-corrected chi connectivity index (χ1v) is 10.8. The van der Waals surface area contributed by atoms with Gasteiger partial charge in [-0.25, -0.2) is 0 Å². The molecule has 0 saturated carbocycles. The number of nitrogens with one attached hydrogen (secondary N) is 3. The van der Waals surface area contributed by atoms with Gasteiger partial charge in [0.05, 0.1) is 6.10 Å². The zero-order chi connectivity index (χ0) is 22.7. The highest BCUT2D eigenvalue weighted by atomic mass is 16.5. The van der Waals surface area contributed by atoms with Crippen LogP contribution >= 0.6 is 0 Å². The van der Waals surface area contributed by atoms with Gasteiger partial charge in [0, 0.05) is 37.8 Å². The van der Waals surface area contributed by atoms with Gasteiger partial charge in [-0.15, -0.1) is 0 Å². The maximum Gasteiger partial charge on any atom is 0.251 e. The molecule has 6 nitrogen and oxygen atoms in total. The van der Waals surface area contributed by atoms with Crippen LogP contribution in [0.4, 0.5) is 0 Å². The van der Waals surface area contributed by atoms with E-state index in [1.807, 2.05) is 63.2 Å². The van der Waals surface area contributed by atoms with E-state index in [0.29, 0.717) is 18.7 Å². The van der Waals surface area contributed by atoms with Crippen LogP contribution in [0.5, 0.6) is 0 Å². The van der Waals surface area contributed by atoms with Gasteiger partial charge in [-0.1, -0.05) is 42.5 Å². The van der Waals surface area contributed by atoms with Crippen LogP contribution in [0.1, 0.15) is 61.7 Å². The third-order valence-corrected chi connectivity index (χ3v) is 4.61. The summed E-state index contributed by atoms with van der Waals surface area (Å²) in [6.45, 7) is 10.00. The van der Waals surface area contributed by atoms with Crippen molar-refractivity contribution in [1.82, 2.24) is 16.0 Å². The van der Waals surface area contributed by atoms with Crippen LogP contribution in [0.25, 0.3) is 0 Å². The fourth-order valence-corrected chi connectivity index (χ4v) is 3.00. The molecule has 0 bridgehead atoms. The van der Waals surface area contributed by atoms with Gasteiger partial charge in [-0.2, -0.15) is 0 Å². The highest BCUT2D eigenvalue weighted by Crippen LogP contribution is 2.15. The van der Waals surface area contributed by atoms with Gasteiger partial charge in [0.2, 0.25) is 0 Å². The topological polar surface area (TPSA) is 74.8 Å². The molecule has 1 amide bonds. The van der Waals surface area contributed by atoms with Gasteiger partial charge in [-0.05, 0) is 57.4 Å². The Morgan fingerprint density at radius 1 is 1.06 bits per heavy atom. The molecule has 0 fully saturated rings. The summed E-state index contributed by atoms with van der Waals surface area (Å²) >= 11 is 0. The van der Waals surface area contributed by atoms with Crippen molar-refractivity contribution in [3.8, 4) is 0 Å². The van der Waals surface area contributed by atoms with E-state index in [4.69, 9.17) is 4.74 Å².